The molecule has 0 saturated heterocycles. The van der Waals surface area contributed by atoms with Gasteiger partial charge in [0.05, 0.1) is 12.0 Å². The van der Waals surface area contributed by atoms with Crippen molar-refractivity contribution in [2.45, 2.75) is 39.3 Å². The zero-order chi connectivity index (χ0) is 23.9. The highest BCUT2D eigenvalue weighted by molar-refractivity contribution is 8.13. The van der Waals surface area contributed by atoms with Crippen LogP contribution in [0.25, 0.3) is 5.70 Å². The minimum atomic E-state index is -0.624. The molecule has 0 aliphatic carbocycles. The van der Waals surface area contributed by atoms with Gasteiger partial charge in [-0.2, -0.15) is 0 Å². The summed E-state index contributed by atoms with van der Waals surface area (Å²) in [5, 5.41) is 11.3. The second-order valence-electron chi connectivity index (χ2n) is 7.76. The number of fused-ring (bicyclic) bond motifs is 2. The number of rotatable bonds is 9. The van der Waals surface area contributed by atoms with Crippen molar-refractivity contribution in [2.75, 3.05) is 19.0 Å². The van der Waals surface area contributed by atoms with Crippen molar-refractivity contribution in [3.8, 4) is 5.75 Å². The van der Waals surface area contributed by atoms with Crippen molar-refractivity contribution in [1.82, 2.24) is 10.3 Å². The van der Waals surface area contributed by atoms with E-state index in [1.807, 2.05) is 42.5 Å². The molecule has 2 aromatic carbocycles. The molecule has 2 aromatic rings. The summed E-state index contributed by atoms with van der Waals surface area (Å²) in [6.07, 6.45) is 2.68. The number of para-hydroxylation sites is 2. The third-order valence-corrected chi connectivity index (χ3v) is 6.30. The van der Waals surface area contributed by atoms with Gasteiger partial charge in [-0.1, -0.05) is 67.9 Å². The molecule has 0 fully saturated rings. The zero-order valence-corrected chi connectivity index (χ0v) is 20.1. The molecule has 0 saturated carbocycles. The van der Waals surface area contributed by atoms with Crippen LogP contribution in [0.3, 0.4) is 0 Å². The summed E-state index contributed by atoms with van der Waals surface area (Å²) >= 11 is 1.53. The van der Waals surface area contributed by atoms with E-state index >= 15 is 0 Å². The molecule has 1 amide bonds. The Morgan fingerprint density at radius 1 is 1.12 bits per heavy atom. The number of benzene rings is 2. The number of unbranched alkanes of at least 4 members (excludes halogenated alkanes) is 2. The number of amidine groups is 1. The lowest BCUT2D eigenvalue weighted by Gasteiger charge is -2.34. The van der Waals surface area contributed by atoms with Gasteiger partial charge in [0.2, 0.25) is 0 Å². The average Bonchev–Trinajstić information content (AvgIpc) is 2.85. The van der Waals surface area contributed by atoms with Gasteiger partial charge in [0.15, 0.2) is 17.9 Å². The lowest BCUT2D eigenvalue weighted by Crippen LogP contribution is -2.50. The lowest BCUT2D eigenvalue weighted by molar-refractivity contribution is -0.145. The number of hydrogen-bond acceptors (Lipinski definition) is 8. The lowest BCUT2D eigenvalue weighted by atomic mass is 10.1. The standard InChI is InChI=1S/C25H28N4O4S/c1-3-5-10-15-34-25-27-24(31)22-17-11-6-8-13-19(17)26-23(29(22)28-25)18-12-7-9-14-20(18)33-16-21(30)32-4-2/h6-9,11-14,23H,3-5,10,15-16H2,1-2H3,(H,27,28,31)/t23-/m1/s1. The summed E-state index contributed by atoms with van der Waals surface area (Å²) in [5.74, 6) is 0.691. The van der Waals surface area contributed by atoms with Gasteiger partial charge in [0.1, 0.15) is 11.4 Å². The Labute approximate surface area is 202 Å². The Kier molecular flexibility index (Phi) is 7.84. The molecule has 9 heteroatoms. The molecule has 2 aliphatic rings. The van der Waals surface area contributed by atoms with Crippen LogP contribution >= 0.6 is 11.8 Å². The monoisotopic (exact) mass is 480 g/mol. The Morgan fingerprint density at radius 2 is 1.91 bits per heavy atom. The van der Waals surface area contributed by atoms with Crippen LogP contribution in [0, 0.1) is 0 Å². The van der Waals surface area contributed by atoms with Crippen LogP contribution in [-0.4, -0.2) is 41.0 Å². The summed E-state index contributed by atoms with van der Waals surface area (Å²) in [4.78, 5) is 30.0. The van der Waals surface area contributed by atoms with E-state index in [0.717, 1.165) is 30.2 Å². The molecule has 0 unspecified atom stereocenters. The summed E-state index contributed by atoms with van der Waals surface area (Å²) < 4.78 is 10.8. The van der Waals surface area contributed by atoms with Gasteiger partial charge < -0.3 is 9.47 Å². The van der Waals surface area contributed by atoms with Crippen LogP contribution in [0.2, 0.25) is 0 Å². The summed E-state index contributed by atoms with van der Waals surface area (Å²) in [6.45, 7) is 3.98. The van der Waals surface area contributed by atoms with E-state index in [0.29, 0.717) is 27.5 Å². The van der Waals surface area contributed by atoms with Gasteiger partial charge in [-0.3, -0.25) is 15.1 Å². The van der Waals surface area contributed by atoms with Gasteiger partial charge in [0, 0.05) is 16.5 Å². The summed E-state index contributed by atoms with van der Waals surface area (Å²) in [7, 11) is 0. The largest absolute Gasteiger partial charge is 0.481 e. The maximum Gasteiger partial charge on any atom is 0.344 e. The molecular formula is C25H28N4O4S. The smallest absolute Gasteiger partial charge is 0.344 e. The van der Waals surface area contributed by atoms with Crippen molar-refractivity contribution in [3.63, 3.8) is 0 Å². The Bertz CT molecular complexity index is 1210. The van der Waals surface area contributed by atoms with Crippen molar-refractivity contribution in [3.05, 3.63) is 64.7 Å². The molecule has 178 valence electrons. The molecule has 2 heterocycles. The van der Waals surface area contributed by atoms with E-state index in [4.69, 9.17) is 19.6 Å². The molecular weight excluding hydrogens is 452 g/mol. The molecule has 1 N–H and O–H groups in total. The maximum atomic E-state index is 13.2. The molecule has 1 atom stereocenters. The number of esters is 1. The van der Waals surface area contributed by atoms with Gasteiger partial charge in [-0.25, -0.2) is 9.80 Å². The molecule has 4 rings (SSSR count). The minimum Gasteiger partial charge on any atom is -0.481 e. The highest BCUT2D eigenvalue weighted by Crippen LogP contribution is 2.35. The van der Waals surface area contributed by atoms with Crippen molar-refractivity contribution in [1.29, 1.82) is 0 Å². The topological polar surface area (TPSA) is 92.6 Å². The van der Waals surface area contributed by atoms with Crippen LogP contribution in [0.5, 0.6) is 5.75 Å². The van der Waals surface area contributed by atoms with Gasteiger partial charge in [-0.15, -0.1) is 5.10 Å². The van der Waals surface area contributed by atoms with Gasteiger partial charge in [-0.05, 0) is 25.5 Å². The third kappa shape index (κ3) is 5.25. The highest BCUT2D eigenvalue weighted by Gasteiger charge is 2.35. The number of amides is 1. The molecule has 0 aromatic heterocycles. The average molecular weight is 481 g/mol. The van der Waals surface area contributed by atoms with Crippen molar-refractivity contribution >= 4 is 34.5 Å². The Balaban J connectivity index is 1.72. The fourth-order valence-electron chi connectivity index (χ4n) is 3.78. The Morgan fingerprint density at radius 3 is 2.74 bits per heavy atom. The number of carbonyl (C=O) groups excluding carboxylic acids is 2. The number of ether oxygens (including phenoxy) is 2. The first-order valence-corrected chi connectivity index (χ1v) is 12.5. The normalized spacial score (nSPS) is 16.6. The predicted molar refractivity (Wildman–Crippen MR) is 131 cm³/mol. The van der Waals surface area contributed by atoms with Crippen LogP contribution in [-0.2, 0) is 14.3 Å². The van der Waals surface area contributed by atoms with E-state index in [-0.39, 0.29) is 19.1 Å². The van der Waals surface area contributed by atoms with E-state index < -0.39 is 12.1 Å². The SMILES string of the molecule is CCCCCSC1=NN2C(=c3ccccc3=N[C@H]2c2ccccc2OCC(=O)OCC)C(=O)N1. The second kappa shape index (κ2) is 11.2. The van der Waals surface area contributed by atoms with Crippen molar-refractivity contribution < 1.29 is 19.1 Å². The first kappa shape index (κ1) is 23.8. The highest BCUT2D eigenvalue weighted by atomic mass is 32.2. The first-order chi connectivity index (χ1) is 16.6. The summed E-state index contributed by atoms with van der Waals surface area (Å²) in [6, 6.07) is 14.9. The fourth-order valence-corrected chi connectivity index (χ4v) is 4.63. The zero-order valence-electron chi connectivity index (χ0n) is 19.3. The van der Waals surface area contributed by atoms with E-state index in [2.05, 4.69) is 12.2 Å². The molecule has 0 radical (unpaired) electrons. The molecule has 0 bridgehead atoms. The first-order valence-electron chi connectivity index (χ1n) is 11.5. The van der Waals surface area contributed by atoms with Gasteiger partial charge in [0.25, 0.3) is 5.91 Å². The Hall–Kier alpha value is -3.33. The number of thioether (sulfide) groups is 1. The van der Waals surface area contributed by atoms with E-state index in [9.17, 15) is 9.59 Å². The van der Waals surface area contributed by atoms with Crippen LogP contribution in [0.1, 0.15) is 44.8 Å². The van der Waals surface area contributed by atoms with E-state index in [1.54, 1.807) is 18.0 Å². The fraction of sp³-hybridized carbons (Fsp3) is 0.360. The molecule has 0 spiro atoms. The molecule has 34 heavy (non-hydrogen) atoms. The molecule has 2 aliphatic heterocycles. The third-order valence-electron chi connectivity index (χ3n) is 5.35. The number of nitrogens with one attached hydrogen (secondary N) is 1. The quantitative estimate of drug-likeness (QED) is 0.438. The van der Waals surface area contributed by atoms with E-state index in [1.165, 1.54) is 11.8 Å². The van der Waals surface area contributed by atoms with Crippen molar-refractivity contribution in [2.24, 2.45) is 10.1 Å². The maximum absolute atomic E-state index is 13.2. The van der Waals surface area contributed by atoms with Crippen LogP contribution in [0.15, 0.2) is 58.6 Å². The van der Waals surface area contributed by atoms with Crippen LogP contribution in [0.4, 0.5) is 0 Å². The number of hydrogen-bond donors (Lipinski definition) is 1. The number of nitrogens with zero attached hydrogens (tertiary/aromatic N) is 3. The molecule has 8 nitrogen and oxygen atoms in total. The summed E-state index contributed by atoms with van der Waals surface area (Å²) in [5.41, 5.74) is 1.14. The van der Waals surface area contributed by atoms with Crippen LogP contribution < -0.4 is 20.6 Å². The minimum absolute atomic E-state index is 0.215. The second-order valence-corrected chi connectivity index (χ2v) is 8.84. The predicted octanol–water partition coefficient (Wildman–Crippen LogP) is 2.69. The number of hydrazone groups is 1. The number of carbonyl (C=O) groups is 2. The van der Waals surface area contributed by atoms with Gasteiger partial charge >= 0.3 is 5.97 Å².